The van der Waals surface area contributed by atoms with Gasteiger partial charge in [-0.2, -0.15) is 0 Å². The highest BCUT2D eigenvalue weighted by molar-refractivity contribution is 5.97. The number of carbonyl (C=O) groups excluding carboxylic acids is 1. The average Bonchev–Trinajstić information content (AvgIpc) is 2.46. The highest BCUT2D eigenvalue weighted by atomic mass is 16.5. The highest BCUT2D eigenvalue weighted by Gasteiger charge is 2.24. The molecular weight excluding hydrogens is 230 g/mol. The Kier molecular flexibility index (Phi) is 4.17. The molecule has 1 aliphatic heterocycles. The fourth-order valence-corrected chi connectivity index (χ4v) is 2.01. The first-order chi connectivity index (χ1) is 8.72. The van der Waals surface area contributed by atoms with Crippen molar-refractivity contribution in [3.63, 3.8) is 0 Å². The van der Waals surface area contributed by atoms with Gasteiger partial charge in [-0.15, -0.1) is 0 Å². The molecule has 2 N–H and O–H groups in total. The molecule has 1 aliphatic rings. The fraction of sp³-hybridized carbons (Fsp3) is 0.462. The smallest absolute Gasteiger partial charge is 0.245 e. The number of piperazine rings is 1. The summed E-state index contributed by atoms with van der Waals surface area (Å²) in [5.74, 6) is 0.817. The Balaban J connectivity index is 2.09. The second-order valence-corrected chi connectivity index (χ2v) is 4.31. The van der Waals surface area contributed by atoms with Crippen molar-refractivity contribution in [3.8, 4) is 5.75 Å². The molecule has 0 radical (unpaired) electrons. The molecule has 1 aromatic rings. The van der Waals surface area contributed by atoms with Crippen LogP contribution in [0.4, 0.5) is 5.69 Å². The molecule has 1 amide bonds. The van der Waals surface area contributed by atoms with Gasteiger partial charge in [-0.1, -0.05) is 6.07 Å². The van der Waals surface area contributed by atoms with E-state index in [2.05, 4.69) is 10.6 Å². The Morgan fingerprint density at radius 3 is 2.94 bits per heavy atom. The lowest BCUT2D eigenvalue weighted by Gasteiger charge is -2.28. The molecule has 2 rings (SSSR count). The maximum Gasteiger partial charge on any atom is 0.245 e. The van der Waals surface area contributed by atoms with Crippen molar-refractivity contribution < 1.29 is 9.53 Å². The largest absolute Gasteiger partial charge is 0.497 e. The summed E-state index contributed by atoms with van der Waals surface area (Å²) in [5.41, 5.74) is 0.840. The van der Waals surface area contributed by atoms with Crippen LogP contribution in [0.3, 0.4) is 0 Å². The van der Waals surface area contributed by atoms with Crippen molar-refractivity contribution in [2.75, 3.05) is 38.7 Å². The number of likely N-dealkylation sites (N-methyl/N-ethyl adjacent to an activating group) is 1. The van der Waals surface area contributed by atoms with Gasteiger partial charge in [-0.05, 0) is 12.1 Å². The molecule has 0 spiro atoms. The molecular formula is C13H19N3O2. The second kappa shape index (κ2) is 5.84. The zero-order chi connectivity index (χ0) is 13.0. The van der Waals surface area contributed by atoms with Gasteiger partial charge in [0.2, 0.25) is 5.91 Å². The van der Waals surface area contributed by atoms with Crippen molar-refractivity contribution in [1.82, 2.24) is 10.6 Å². The summed E-state index contributed by atoms with van der Waals surface area (Å²) < 4.78 is 5.16. The minimum absolute atomic E-state index is 0.0652. The summed E-state index contributed by atoms with van der Waals surface area (Å²) in [6.07, 6.45) is 0. The van der Waals surface area contributed by atoms with Gasteiger partial charge in [0.25, 0.3) is 0 Å². The summed E-state index contributed by atoms with van der Waals surface area (Å²) in [6.45, 7) is 2.40. The van der Waals surface area contributed by atoms with Gasteiger partial charge >= 0.3 is 0 Å². The van der Waals surface area contributed by atoms with E-state index in [0.29, 0.717) is 6.54 Å². The number of rotatable bonds is 3. The Bertz CT molecular complexity index is 416. The number of amides is 1. The van der Waals surface area contributed by atoms with E-state index in [1.807, 2.05) is 24.3 Å². The number of hydrogen-bond acceptors (Lipinski definition) is 4. The van der Waals surface area contributed by atoms with Gasteiger partial charge < -0.3 is 20.3 Å². The summed E-state index contributed by atoms with van der Waals surface area (Å²) >= 11 is 0. The monoisotopic (exact) mass is 249 g/mol. The van der Waals surface area contributed by atoms with Gasteiger partial charge in [-0.25, -0.2) is 0 Å². The van der Waals surface area contributed by atoms with Crippen LogP contribution in [0.15, 0.2) is 24.3 Å². The average molecular weight is 249 g/mol. The first-order valence-electron chi connectivity index (χ1n) is 6.08. The lowest BCUT2D eigenvalue weighted by Crippen LogP contribution is -2.56. The maximum absolute atomic E-state index is 12.3. The van der Waals surface area contributed by atoms with Gasteiger partial charge in [0.05, 0.1) is 13.2 Å². The van der Waals surface area contributed by atoms with Crippen LogP contribution in [0.1, 0.15) is 0 Å². The zero-order valence-corrected chi connectivity index (χ0v) is 10.8. The topological polar surface area (TPSA) is 53.6 Å². The number of benzene rings is 1. The van der Waals surface area contributed by atoms with Gasteiger partial charge in [-0.3, -0.25) is 4.79 Å². The van der Waals surface area contributed by atoms with Gasteiger partial charge in [0.15, 0.2) is 0 Å². The third-order valence-corrected chi connectivity index (χ3v) is 3.11. The van der Waals surface area contributed by atoms with Crippen LogP contribution in [0, 0.1) is 0 Å². The van der Waals surface area contributed by atoms with Crippen LogP contribution in [0.25, 0.3) is 0 Å². The quantitative estimate of drug-likeness (QED) is 0.804. The lowest BCUT2D eigenvalue weighted by molar-refractivity contribution is -0.120. The summed E-state index contributed by atoms with van der Waals surface area (Å²) in [6, 6.07) is 7.34. The molecule has 5 heteroatoms. The van der Waals surface area contributed by atoms with E-state index in [0.717, 1.165) is 24.5 Å². The standard InChI is InChI=1S/C13H19N3O2/c1-16(10-4-3-5-11(8-10)18-2)13(17)12-9-14-6-7-15-12/h3-5,8,12,14-15H,6-7,9H2,1-2H3. The molecule has 1 fully saturated rings. The molecule has 0 aromatic heterocycles. The Labute approximate surface area is 107 Å². The van der Waals surface area contributed by atoms with Crippen molar-refractivity contribution >= 4 is 11.6 Å². The zero-order valence-electron chi connectivity index (χ0n) is 10.8. The fourth-order valence-electron chi connectivity index (χ4n) is 2.01. The van der Waals surface area contributed by atoms with Crippen LogP contribution < -0.4 is 20.3 Å². The third-order valence-electron chi connectivity index (χ3n) is 3.11. The molecule has 1 saturated heterocycles. The predicted molar refractivity (Wildman–Crippen MR) is 71.1 cm³/mol. The molecule has 0 aliphatic carbocycles. The summed E-state index contributed by atoms with van der Waals surface area (Å²) in [5, 5.41) is 6.42. The minimum atomic E-state index is -0.157. The number of carbonyl (C=O) groups is 1. The molecule has 18 heavy (non-hydrogen) atoms. The van der Waals surface area contributed by atoms with Crippen molar-refractivity contribution in [2.45, 2.75) is 6.04 Å². The Morgan fingerprint density at radius 2 is 2.28 bits per heavy atom. The minimum Gasteiger partial charge on any atom is -0.497 e. The summed E-state index contributed by atoms with van der Waals surface area (Å²) in [7, 11) is 3.40. The van der Waals surface area contributed by atoms with Crippen molar-refractivity contribution in [3.05, 3.63) is 24.3 Å². The van der Waals surface area contributed by atoms with E-state index in [9.17, 15) is 4.79 Å². The van der Waals surface area contributed by atoms with Gasteiger partial charge in [0.1, 0.15) is 5.75 Å². The van der Waals surface area contributed by atoms with Crippen LogP contribution >= 0.6 is 0 Å². The molecule has 0 saturated carbocycles. The van der Waals surface area contributed by atoms with E-state index >= 15 is 0 Å². The Hall–Kier alpha value is -1.59. The van der Waals surface area contributed by atoms with Crippen LogP contribution in [-0.2, 0) is 4.79 Å². The summed E-state index contributed by atoms with van der Waals surface area (Å²) in [4.78, 5) is 13.9. The predicted octanol–water partition coefficient (Wildman–Crippen LogP) is 0.219. The SMILES string of the molecule is COc1cccc(N(C)C(=O)C2CNCCN2)c1. The van der Waals surface area contributed by atoms with Crippen LogP contribution in [-0.4, -0.2) is 45.7 Å². The molecule has 98 valence electrons. The number of nitrogens with one attached hydrogen (secondary N) is 2. The van der Waals surface area contributed by atoms with E-state index < -0.39 is 0 Å². The molecule has 5 nitrogen and oxygen atoms in total. The normalized spacial score (nSPS) is 19.3. The van der Waals surface area contributed by atoms with Gasteiger partial charge in [0, 0.05) is 38.4 Å². The Morgan fingerprint density at radius 1 is 1.44 bits per heavy atom. The highest BCUT2D eigenvalue weighted by Crippen LogP contribution is 2.20. The molecule has 1 heterocycles. The van der Waals surface area contributed by atoms with E-state index in [1.54, 1.807) is 19.1 Å². The number of anilines is 1. The third kappa shape index (κ3) is 2.80. The number of ether oxygens (including phenoxy) is 1. The lowest BCUT2D eigenvalue weighted by atomic mass is 10.2. The van der Waals surface area contributed by atoms with Crippen molar-refractivity contribution in [1.29, 1.82) is 0 Å². The first-order valence-corrected chi connectivity index (χ1v) is 6.08. The molecule has 1 unspecified atom stereocenters. The molecule has 0 bridgehead atoms. The van der Waals surface area contributed by atoms with Crippen LogP contribution in [0.5, 0.6) is 5.75 Å². The first kappa shape index (κ1) is 12.9. The second-order valence-electron chi connectivity index (χ2n) is 4.31. The van der Waals surface area contributed by atoms with E-state index in [4.69, 9.17) is 4.74 Å². The van der Waals surface area contributed by atoms with E-state index in [-0.39, 0.29) is 11.9 Å². The number of hydrogen-bond donors (Lipinski definition) is 2. The van der Waals surface area contributed by atoms with Crippen LogP contribution in [0.2, 0.25) is 0 Å². The number of methoxy groups -OCH3 is 1. The van der Waals surface area contributed by atoms with Crippen molar-refractivity contribution in [2.24, 2.45) is 0 Å². The molecule has 1 aromatic carbocycles. The van der Waals surface area contributed by atoms with E-state index in [1.165, 1.54) is 0 Å². The number of nitrogens with zero attached hydrogens (tertiary/aromatic N) is 1. The molecule has 1 atom stereocenters. The maximum atomic E-state index is 12.3.